The van der Waals surface area contributed by atoms with Gasteiger partial charge in [-0.05, 0) is 41.3 Å². The molecule has 3 aromatic rings. The van der Waals surface area contributed by atoms with Crippen molar-refractivity contribution in [3.05, 3.63) is 71.4 Å². The van der Waals surface area contributed by atoms with E-state index in [4.69, 9.17) is 9.47 Å². The largest absolute Gasteiger partial charge is 0.493 e. The molecule has 29 heavy (non-hydrogen) atoms. The van der Waals surface area contributed by atoms with Gasteiger partial charge in [0.2, 0.25) is 0 Å². The van der Waals surface area contributed by atoms with Gasteiger partial charge in [-0.3, -0.25) is 9.78 Å². The second-order valence-corrected chi connectivity index (χ2v) is 9.34. The Hall–Kier alpha value is -2.91. The van der Waals surface area contributed by atoms with Crippen molar-refractivity contribution in [2.75, 3.05) is 20.8 Å². The summed E-state index contributed by atoms with van der Waals surface area (Å²) >= 11 is 1.14. The lowest BCUT2D eigenvalue weighted by Crippen LogP contribution is -2.31. The van der Waals surface area contributed by atoms with Gasteiger partial charge in [0.25, 0.3) is 5.91 Å². The Bertz CT molecular complexity index is 1070. The zero-order valence-electron chi connectivity index (χ0n) is 15.9. The Kier molecular flexibility index (Phi) is 6.50. The Balaban J connectivity index is 1.85. The summed E-state index contributed by atoms with van der Waals surface area (Å²) in [4.78, 5) is 16.7. The van der Waals surface area contributed by atoms with E-state index in [0.29, 0.717) is 22.6 Å². The summed E-state index contributed by atoms with van der Waals surface area (Å²) in [5.41, 5.74) is 0.842. The normalized spacial score (nSPS) is 12.2. The molecule has 0 bridgehead atoms. The van der Waals surface area contributed by atoms with Crippen molar-refractivity contribution in [2.45, 2.75) is 9.46 Å². The highest BCUT2D eigenvalue weighted by molar-refractivity contribution is 7.93. The summed E-state index contributed by atoms with van der Waals surface area (Å²) in [7, 11) is -0.710. The van der Waals surface area contributed by atoms with Crippen LogP contribution in [0, 0.1) is 0 Å². The van der Waals surface area contributed by atoms with Crippen LogP contribution in [0.15, 0.2) is 64.4 Å². The molecule has 0 aliphatic heterocycles. The van der Waals surface area contributed by atoms with E-state index in [1.165, 1.54) is 20.4 Å². The number of amides is 1. The maximum Gasteiger partial charge on any atom is 0.251 e. The number of ether oxygens (including phenoxy) is 2. The van der Waals surface area contributed by atoms with Gasteiger partial charge in [-0.25, -0.2) is 8.42 Å². The molecule has 0 aliphatic carbocycles. The van der Waals surface area contributed by atoms with E-state index in [-0.39, 0.29) is 10.8 Å². The van der Waals surface area contributed by atoms with Crippen LogP contribution in [-0.4, -0.2) is 40.1 Å². The molecule has 1 N–H and O–H groups in total. The lowest BCUT2D eigenvalue weighted by atomic mass is 10.1. The molecule has 0 saturated heterocycles. The predicted octanol–water partition coefficient (Wildman–Crippen LogP) is 3.11. The van der Waals surface area contributed by atoms with Gasteiger partial charge in [-0.2, -0.15) is 0 Å². The number of aromatic nitrogens is 1. The third-order valence-corrected chi connectivity index (χ3v) is 7.83. The number of hydrogen-bond donors (Lipinski definition) is 1. The van der Waals surface area contributed by atoms with E-state index in [1.54, 1.807) is 54.0 Å². The van der Waals surface area contributed by atoms with Crippen molar-refractivity contribution in [3.63, 3.8) is 0 Å². The number of thiophene rings is 1. The van der Waals surface area contributed by atoms with Crippen molar-refractivity contribution >= 4 is 27.1 Å². The summed E-state index contributed by atoms with van der Waals surface area (Å²) in [5, 5.41) is 3.46. The molecule has 7 nitrogen and oxygen atoms in total. The Morgan fingerprint density at radius 2 is 1.93 bits per heavy atom. The molecule has 3 rings (SSSR count). The number of pyridine rings is 1. The van der Waals surface area contributed by atoms with Crippen LogP contribution in [0.25, 0.3) is 0 Å². The zero-order chi connectivity index (χ0) is 20.9. The van der Waals surface area contributed by atoms with E-state index in [9.17, 15) is 13.2 Å². The van der Waals surface area contributed by atoms with Crippen LogP contribution in [-0.2, 0) is 9.84 Å². The molecule has 2 aromatic heterocycles. The number of hydrogen-bond acceptors (Lipinski definition) is 7. The van der Waals surface area contributed by atoms with Crippen LogP contribution in [0.3, 0.4) is 0 Å². The van der Waals surface area contributed by atoms with E-state index >= 15 is 0 Å². The highest BCUT2D eigenvalue weighted by atomic mass is 32.2. The number of nitrogens with zero attached hydrogens (tertiary/aromatic N) is 1. The minimum Gasteiger partial charge on any atom is -0.493 e. The number of nitrogens with one attached hydrogen (secondary N) is 1. The number of sulfone groups is 1. The molecule has 0 fully saturated rings. The first-order valence-electron chi connectivity index (χ1n) is 8.65. The minimum absolute atomic E-state index is 0.0981. The summed E-state index contributed by atoms with van der Waals surface area (Å²) in [6.07, 6.45) is 3.07. The van der Waals surface area contributed by atoms with Gasteiger partial charge >= 0.3 is 0 Å². The van der Waals surface area contributed by atoms with Crippen LogP contribution in [0.5, 0.6) is 11.5 Å². The maximum absolute atomic E-state index is 13.1. The van der Waals surface area contributed by atoms with E-state index in [0.717, 1.165) is 11.3 Å². The van der Waals surface area contributed by atoms with Gasteiger partial charge in [0, 0.05) is 24.5 Å². The smallest absolute Gasteiger partial charge is 0.251 e. The molecule has 0 spiro atoms. The molecule has 152 valence electrons. The van der Waals surface area contributed by atoms with Crippen molar-refractivity contribution < 1.29 is 22.7 Å². The molecular weight excluding hydrogens is 412 g/mol. The van der Waals surface area contributed by atoms with Gasteiger partial charge in [0.15, 0.2) is 21.3 Å². The first-order chi connectivity index (χ1) is 14.0. The molecule has 9 heteroatoms. The Morgan fingerprint density at radius 3 is 2.55 bits per heavy atom. The molecule has 0 aliphatic rings. The first-order valence-corrected chi connectivity index (χ1v) is 11.1. The van der Waals surface area contributed by atoms with Crippen molar-refractivity contribution in [1.82, 2.24) is 10.3 Å². The van der Waals surface area contributed by atoms with Gasteiger partial charge < -0.3 is 14.8 Å². The number of carbonyl (C=O) groups is 1. The van der Waals surface area contributed by atoms with Gasteiger partial charge in [-0.15, -0.1) is 11.3 Å². The molecule has 0 saturated carbocycles. The summed E-state index contributed by atoms with van der Waals surface area (Å²) in [6, 6.07) is 11.3. The van der Waals surface area contributed by atoms with E-state index in [1.807, 2.05) is 0 Å². The number of carbonyl (C=O) groups excluding carboxylic acids is 1. The summed E-state index contributed by atoms with van der Waals surface area (Å²) in [5.74, 6) is 0.494. The fourth-order valence-corrected chi connectivity index (χ4v) is 5.65. The standard InChI is InChI=1S/C20H20N2O5S2/c1-26-16-8-7-14(11-17(16)27-2)20(23)22-13-18(15-5-3-9-21-12-15)29(24,25)19-6-4-10-28-19/h3-12,18H,13H2,1-2H3,(H,22,23)/t18-/m1/s1. The average molecular weight is 433 g/mol. The molecule has 1 amide bonds. The van der Waals surface area contributed by atoms with E-state index < -0.39 is 21.0 Å². The zero-order valence-corrected chi connectivity index (χ0v) is 17.5. The molecule has 1 atom stereocenters. The summed E-state index contributed by atoms with van der Waals surface area (Å²) in [6.45, 7) is -0.0981. The first kappa shape index (κ1) is 20.8. The second-order valence-electron chi connectivity index (χ2n) is 6.03. The number of methoxy groups -OCH3 is 2. The Labute approximate surface area is 173 Å². The second kappa shape index (κ2) is 9.06. The van der Waals surface area contributed by atoms with Crippen LogP contribution >= 0.6 is 11.3 Å². The fourth-order valence-electron chi connectivity index (χ4n) is 2.80. The van der Waals surface area contributed by atoms with Gasteiger partial charge in [0.1, 0.15) is 9.46 Å². The average Bonchev–Trinajstić information content (AvgIpc) is 3.29. The lowest BCUT2D eigenvalue weighted by molar-refractivity contribution is 0.0953. The maximum atomic E-state index is 13.1. The lowest BCUT2D eigenvalue weighted by Gasteiger charge is -2.18. The van der Waals surface area contributed by atoms with Crippen LogP contribution in [0.4, 0.5) is 0 Å². The number of benzene rings is 1. The molecule has 2 heterocycles. The van der Waals surface area contributed by atoms with Crippen LogP contribution in [0.2, 0.25) is 0 Å². The molecule has 1 aromatic carbocycles. The Morgan fingerprint density at radius 1 is 1.14 bits per heavy atom. The van der Waals surface area contributed by atoms with Crippen LogP contribution in [0.1, 0.15) is 21.2 Å². The third kappa shape index (κ3) is 4.57. The number of rotatable bonds is 8. The van der Waals surface area contributed by atoms with Gasteiger partial charge in [-0.1, -0.05) is 12.1 Å². The minimum atomic E-state index is -3.69. The van der Waals surface area contributed by atoms with Gasteiger partial charge in [0.05, 0.1) is 14.2 Å². The third-order valence-electron chi connectivity index (χ3n) is 4.30. The monoisotopic (exact) mass is 432 g/mol. The highest BCUT2D eigenvalue weighted by Crippen LogP contribution is 2.31. The topological polar surface area (TPSA) is 94.6 Å². The van der Waals surface area contributed by atoms with Crippen molar-refractivity contribution in [2.24, 2.45) is 0 Å². The fraction of sp³-hybridized carbons (Fsp3) is 0.200. The summed E-state index contributed by atoms with van der Waals surface area (Å²) < 4.78 is 36.9. The quantitative estimate of drug-likeness (QED) is 0.588. The van der Waals surface area contributed by atoms with Crippen LogP contribution < -0.4 is 14.8 Å². The SMILES string of the molecule is COc1ccc(C(=O)NC[C@H](c2cccnc2)S(=O)(=O)c2cccs2)cc1OC. The molecule has 0 radical (unpaired) electrons. The molecular formula is C20H20N2O5S2. The van der Waals surface area contributed by atoms with E-state index in [2.05, 4.69) is 10.3 Å². The predicted molar refractivity (Wildman–Crippen MR) is 110 cm³/mol. The van der Waals surface area contributed by atoms with Crippen molar-refractivity contribution in [3.8, 4) is 11.5 Å². The molecule has 0 unspecified atom stereocenters. The van der Waals surface area contributed by atoms with Crippen molar-refractivity contribution in [1.29, 1.82) is 0 Å². The highest BCUT2D eigenvalue weighted by Gasteiger charge is 2.30.